The van der Waals surface area contributed by atoms with Gasteiger partial charge in [0.2, 0.25) is 5.91 Å². The van der Waals surface area contributed by atoms with Crippen molar-refractivity contribution in [2.24, 2.45) is 0 Å². The summed E-state index contributed by atoms with van der Waals surface area (Å²) < 4.78 is 44.6. The van der Waals surface area contributed by atoms with Crippen LogP contribution in [0.3, 0.4) is 0 Å². The number of amides is 1. The van der Waals surface area contributed by atoms with Gasteiger partial charge in [-0.05, 0) is 31.2 Å². The number of aromatic nitrogens is 2. The van der Waals surface area contributed by atoms with E-state index in [0.717, 1.165) is 12.1 Å². The lowest BCUT2D eigenvalue weighted by molar-refractivity contribution is -0.137. The Hall–Kier alpha value is -3.40. The Bertz CT molecular complexity index is 1100. The van der Waals surface area contributed by atoms with Gasteiger partial charge < -0.3 is 20.7 Å². The minimum atomic E-state index is -4.45. The molecule has 7 nitrogen and oxygen atoms in total. The number of carbonyl (C=O) groups is 1. The number of benzene rings is 2. The molecule has 0 radical (unpaired) electrons. The van der Waals surface area contributed by atoms with Crippen molar-refractivity contribution in [2.45, 2.75) is 19.1 Å². The number of rotatable bonds is 6. The van der Waals surface area contributed by atoms with E-state index in [1.165, 1.54) is 18.5 Å². The summed E-state index contributed by atoms with van der Waals surface area (Å²) in [6, 6.07) is 7.89. The third-order valence-electron chi connectivity index (χ3n) is 4.47. The molecule has 0 saturated carbocycles. The van der Waals surface area contributed by atoms with Crippen molar-refractivity contribution in [3.05, 3.63) is 48.3 Å². The summed E-state index contributed by atoms with van der Waals surface area (Å²) in [4.78, 5) is 20.6. The number of carbonyl (C=O) groups excluding carboxylic acids is 1. The molecule has 0 bridgehead atoms. The lowest BCUT2D eigenvalue weighted by Crippen LogP contribution is -2.20. The van der Waals surface area contributed by atoms with E-state index in [9.17, 15) is 18.0 Å². The first-order chi connectivity index (χ1) is 14.3. The Morgan fingerprint density at radius 2 is 2.07 bits per heavy atom. The van der Waals surface area contributed by atoms with Gasteiger partial charge >= 0.3 is 6.18 Å². The zero-order valence-corrected chi connectivity index (χ0v) is 15.9. The van der Waals surface area contributed by atoms with Crippen molar-refractivity contribution < 1.29 is 22.7 Å². The van der Waals surface area contributed by atoms with E-state index in [1.54, 1.807) is 12.1 Å². The molecule has 10 heteroatoms. The van der Waals surface area contributed by atoms with E-state index < -0.39 is 11.7 Å². The SMILES string of the molecule is CCOc1cc2ncnc(Nc3cccc(C(F)(F)F)c3)c2cc1NC(=O)[C@H]1CN1. The average molecular weight is 417 g/mol. The van der Waals surface area contributed by atoms with Crippen molar-refractivity contribution in [3.63, 3.8) is 0 Å². The van der Waals surface area contributed by atoms with Crippen LogP contribution in [0.4, 0.5) is 30.4 Å². The summed E-state index contributed by atoms with van der Waals surface area (Å²) in [6.45, 7) is 2.81. The fraction of sp³-hybridized carbons (Fsp3) is 0.250. The standard InChI is InChI=1S/C20H18F3N5O2/c1-2-30-17-8-14-13(7-15(17)28-19(29)16-9-24-16)18(26-10-25-14)27-12-5-3-4-11(6-12)20(21,22)23/h3-8,10,16,24H,2,9H2,1H3,(H,28,29)(H,25,26,27)/t16-/m1/s1. The maximum absolute atomic E-state index is 13.0. The zero-order chi connectivity index (χ0) is 21.3. The summed E-state index contributed by atoms with van der Waals surface area (Å²) in [5, 5.41) is 9.17. The molecule has 3 N–H and O–H groups in total. The van der Waals surface area contributed by atoms with Gasteiger partial charge in [0.15, 0.2) is 0 Å². The molecule has 0 aliphatic carbocycles. The molecule has 156 valence electrons. The highest BCUT2D eigenvalue weighted by Crippen LogP contribution is 2.35. The van der Waals surface area contributed by atoms with Crippen LogP contribution >= 0.6 is 0 Å². The van der Waals surface area contributed by atoms with Crippen molar-refractivity contribution in [1.29, 1.82) is 0 Å². The van der Waals surface area contributed by atoms with Gasteiger partial charge in [0.1, 0.15) is 17.9 Å². The molecule has 4 rings (SSSR count). The van der Waals surface area contributed by atoms with Crippen LogP contribution in [-0.4, -0.2) is 35.1 Å². The average Bonchev–Trinajstić information content (AvgIpc) is 3.54. The molecule has 3 aromatic rings. The number of nitrogens with one attached hydrogen (secondary N) is 3. The summed E-state index contributed by atoms with van der Waals surface area (Å²) in [7, 11) is 0. The smallest absolute Gasteiger partial charge is 0.416 e. The van der Waals surface area contributed by atoms with Gasteiger partial charge in [0.25, 0.3) is 0 Å². The minimum Gasteiger partial charge on any atom is -0.492 e. The van der Waals surface area contributed by atoms with Crippen LogP contribution < -0.4 is 20.7 Å². The summed E-state index contributed by atoms with van der Waals surface area (Å²) >= 11 is 0. The predicted molar refractivity (Wildman–Crippen MR) is 106 cm³/mol. The number of anilines is 3. The number of hydrogen-bond donors (Lipinski definition) is 3. The van der Waals surface area contributed by atoms with E-state index in [-0.39, 0.29) is 17.6 Å². The van der Waals surface area contributed by atoms with Crippen LogP contribution in [0.15, 0.2) is 42.7 Å². The molecule has 2 aromatic carbocycles. The van der Waals surface area contributed by atoms with Gasteiger partial charge in [0.05, 0.1) is 29.4 Å². The first-order valence-electron chi connectivity index (χ1n) is 9.25. The first-order valence-corrected chi connectivity index (χ1v) is 9.25. The number of fused-ring (bicyclic) bond motifs is 1. The lowest BCUT2D eigenvalue weighted by Gasteiger charge is -2.15. The molecular formula is C20H18F3N5O2. The molecule has 1 atom stereocenters. The fourth-order valence-corrected chi connectivity index (χ4v) is 2.93. The number of halogens is 3. The third-order valence-corrected chi connectivity index (χ3v) is 4.47. The van der Waals surface area contributed by atoms with Crippen molar-refractivity contribution >= 4 is 34.0 Å². The highest BCUT2D eigenvalue weighted by molar-refractivity contribution is 6.02. The van der Waals surface area contributed by atoms with Crippen molar-refractivity contribution in [1.82, 2.24) is 15.3 Å². The van der Waals surface area contributed by atoms with E-state index in [1.807, 2.05) is 6.92 Å². The number of hydrogen-bond acceptors (Lipinski definition) is 6. The number of alkyl halides is 3. The molecule has 30 heavy (non-hydrogen) atoms. The topological polar surface area (TPSA) is 98.1 Å². The van der Waals surface area contributed by atoms with E-state index in [2.05, 4.69) is 25.9 Å². The third kappa shape index (κ3) is 4.28. The maximum atomic E-state index is 13.0. The zero-order valence-electron chi connectivity index (χ0n) is 15.9. The second-order valence-electron chi connectivity index (χ2n) is 6.67. The van der Waals surface area contributed by atoms with Crippen LogP contribution in [0.2, 0.25) is 0 Å². The normalized spacial score (nSPS) is 15.7. The number of ether oxygens (including phenoxy) is 1. The predicted octanol–water partition coefficient (Wildman–Crippen LogP) is 3.70. The van der Waals surface area contributed by atoms with E-state index in [4.69, 9.17) is 4.74 Å². The second-order valence-corrected chi connectivity index (χ2v) is 6.67. The van der Waals surface area contributed by atoms with E-state index >= 15 is 0 Å². The van der Waals surface area contributed by atoms with Gasteiger partial charge in [-0.3, -0.25) is 4.79 Å². The highest BCUT2D eigenvalue weighted by atomic mass is 19.4. The molecule has 1 saturated heterocycles. The molecule has 2 heterocycles. The Kier molecular flexibility index (Phi) is 5.17. The van der Waals surface area contributed by atoms with Gasteiger partial charge in [0, 0.05) is 23.7 Å². The molecule has 1 fully saturated rings. The summed E-state index contributed by atoms with van der Waals surface area (Å²) in [6.07, 6.45) is -3.15. The second kappa shape index (κ2) is 7.79. The quantitative estimate of drug-likeness (QED) is 0.529. The highest BCUT2D eigenvalue weighted by Gasteiger charge is 2.31. The van der Waals surface area contributed by atoms with Gasteiger partial charge in [-0.15, -0.1) is 0 Å². The fourth-order valence-electron chi connectivity index (χ4n) is 2.93. The lowest BCUT2D eigenvalue weighted by atomic mass is 10.1. The van der Waals surface area contributed by atoms with Crippen LogP contribution in [0, 0.1) is 0 Å². The monoisotopic (exact) mass is 417 g/mol. The van der Waals surface area contributed by atoms with Gasteiger partial charge in [-0.2, -0.15) is 13.2 Å². The minimum absolute atomic E-state index is 0.195. The Morgan fingerprint density at radius 3 is 2.77 bits per heavy atom. The van der Waals surface area contributed by atoms with Crippen molar-refractivity contribution in [3.8, 4) is 5.75 Å². The van der Waals surface area contributed by atoms with Crippen LogP contribution in [0.1, 0.15) is 12.5 Å². The molecule has 1 amide bonds. The molecule has 1 aromatic heterocycles. The Balaban J connectivity index is 1.72. The van der Waals surface area contributed by atoms with Crippen LogP contribution in [-0.2, 0) is 11.0 Å². The summed E-state index contributed by atoms with van der Waals surface area (Å²) in [5.74, 6) is 0.560. The Morgan fingerprint density at radius 1 is 1.27 bits per heavy atom. The summed E-state index contributed by atoms with van der Waals surface area (Å²) in [5.41, 5.74) is 0.413. The van der Waals surface area contributed by atoms with E-state index in [0.29, 0.717) is 41.3 Å². The molecule has 0 spiro atoms. The molecule has 0 unspecified atom stereocenters. The molecule has 1 aliphatic rings. The maximum Gasteiger partial charge on any atom is 0.416 e. The molecular weight excluding hydrogens is 399 g/mol. The number of nitrogens with zero attached hydrogens (tertiary/aromatic N) is 2. The molecule has 1 aliphatic heterocycles. The van der Waals surface area contributed by atoms with Gasteiger partial charge in [-0.25, -0.2) is 9.97 Å². The van der Waals surface area contributed by atoms with Crippen LogP contribution in [0.25, 0.3) is 10.9 Å². The van der Waals surface area contributed by atoms with Crippen molar-refractivity contribution in [2.75, 3.05) is 23.8 Å². The van der Waals surface area contributed by atoms with Gasteiger partial charge in [-0.1, -0.05) is 6.07 Å². The Labute approximate surface area is 169 Å². The largest absolute Gasteiger partial charge is 0.492 e. The first kappa shape index (κ1) is 19.9. The van der Waals surface area contributed by atoms with Crippen LogP contribution in [0.5, 0.6) is 5.75 Å².